The van der Waals surface area contributed by atoms with E-state index in [0.29, 0.717) is 5.82 Å². The van der Waals surface area contributed by atoms with Crippen LogP contribution in [0.5, 0.6) is 5.75 Å². The van der Waals surface area contributed by atoms with Gasteiger partial charge in [0.25, 0.3) is 0 Å². The van der Waals surface area contributed by atoms with E-state index in [1.165, 1.54) is 0 Å². The number of fused-ring (bicyclic) bond motifs is 1. The van der Waals surface area contributed by atoms with Crippen LogP contribution >= 0.6 is 15.9 Å². The van der Waals surface area contributed by atoms with Gasteiger partial charge < -0.3 is 10.5 Å². The molecule has 0 atom stereocenters. The van der Waals surface area contributed by atoms with Crippen LogP contribution < -0.4 is 10.5 Å². The largest absolute Gasteiger partial charge is 0.494 e. The Labute approximate surface area is 90.0 Å². The average Bonchev–Trinajstić information content (AvgIpc) is 2.19. The summed E-state index contributed by atoms with van der Waals surface area (Å²) in [7, 11) is 1.62. The lowest BCUT2D eigenvalue weighted by Crippen LogP contribution is -1.94. The zero-order valence-corrected chi connectivity index (χ0v) is 9.21. The van der Waals surface area contributed by atoms with Crippen LogP contribution in [0, 0.1) is 0 Å². The fourth-order valence-electron chi connectivity index (χ4n) is 1.32. The molecule has 72 valence electrons. The van der Waals surface area contributed by atoms with Crippen LogP contribution in [-0.4, -0.2) is 12.1 Å². The van der Waals surface area contributed by atoms with Crippen LogP contribution in [0.25, 0.3) is 10.9 Å². The van der Waals surface area contributed by atoms with Crippen molar-refractivity contribution in [2.45, 2.75) is 0 Å². The van der Waals surface area contributed by atoms with Crippen LogP contribution in [0.3, 0.4) is 0 Å². The molecule has 2 N–H and O–H groups in total. The molecule has 2 rings (SSSR count). The summed E-state index contributed by atoms with van der Waals surface area (Å²) in [6.45, 7) is 0. The molecule has 0 fully saturated rings. The van der Waals surface area contributed by atoms with Crippen LogP contribution in [0.15, 0.2) is 28.7 Å². The summed E-state index contributed by atoms with van der Waals surface area (Å²) in [5.74, 6) is 1.21. The molecule has 0 bridgehead atoms. The molecule has 14 heavy (non-hydrogen) atoms. The second-order valence-electron chi connectivity index (χ2n) is 2.89. The molecule has 0 aliphatic heterocycles. The molecular formula is C10H9BrN2O. The van der Waals surface area contributed by atoms with Gasteiger partial charge in [0.05, 0.1) is 11.6 Å². The number of hydrogen-bond acceptors (Lipinski definition) is 3. The molecule has 0 spiro atoms. The van der Waals surface area contributed by atoms with Crippen LogP contribution in [0.2, 0.25) is 0 Å². The standard InChI is InChI=1S/C10H9BrN2O/c1-14-8-4-2-3-6-5-7(11)10(12)13-9(6)8/h2-5H,1H3,(H2,12,13). The van der Waals surface area contributed by atoms with E-state index < -0.39 is 0 Å². The molecule has 0 radical (unpaired) electrons. The smallest absolute Gasteiger partial charge is 0.145 e. The SMILES string of the molecule is COc1cccc2cc(Br)c(N)nc12. The molecule has 4 heteroatoms. The Bertz CT molecular complexity index is 485. The van der Waals surface area contributed by atoms with Crippen molar-refractivity contribution in [3.05, 3.63) is 28.7 Å². The number of rotatable bonds is 1. The van der Waals surface area contributed by atoms with E-state index in [9.17, 15) is 0 Å². The lowest BCUT2D eigenvalue weighted by Gasteiger charge is -2.05. The number of ether oxygens (including phenoxy) is 1. The summed E-state index contributed by atoms with van der Waals surface area (Å²) < 4.78 is 5.99. The van der Waals surface area contributed by atoms with E-state index in [4.69, 9.17) is 10.5 Å². The predicted molar refractivity (Wildman–Crippen MR) is 60.4 cm³/mol. The highest BCUT2D eigenvalue weighted by Gasteiger charge is 2.05. The number of para-hydroxylation sites is 1. The van der Waals surface area contributed by atoms with Crippen molar-refractivity contribution < 1.29 is 4.74 Å². The van der Waals surface area contributed by atoms with Gasteiger partial charge in [0.15, 0.2) is 0 Å². The van der Waals surface area contributed by atoms with Crippen LogP contribution in [0.4, 0.5) is 5.82 Å². The zero-order valence-electron chi connectivity index (χ0n) is 7.62. The third-order valence-corrected chi connectivity index (χ3v) is 2.64. The maximum atomic E-state index is 5.70. The molecule has 1 aromatic heterocycles. The normalized spacial score (nSPS) is 10.4. The quantitative estimate of drug-likeness (QED) is 0.849. The molecule has 2 aromatic rings. The fraction of sp³-hybridized carbons (Fsp3) is 0.100. The summed E-state index contributed by atoms with van der Waals surface area (Å²) >= 11 is 3.33. The van der Waals surface area contributed by atoms with Gasteiger partial charge in [0.1, 0.15) is 17.1 Å². The monoisotopic (exact) mass is 252 g/mol. The molecule has 3 nitrogen and oxygen atoms in total. The second-order valence-corrected chi connectivity index (χ2v) is 3.74. The first kappa shape index (κ1) is 9.27. The summed E-state index contributed by atoms with van der Waals surface area (Å²) in [6, 6.07) is 7.68. The number of hydrogen-bond donors (Lipinski definition) is 1. The molecule has 1 aromatic carbocycles. The molecule has 0 aliphatic carbocycles. The van der Waals surface area contributed by atoms with E-state index in [1.54, 1.807) is 7.11 Å². The Morgan fingerprint density at radius 2 is 2.21 bits per heavy atom. The number of methoxy groups -OCH3 is 1. The van der Waals surface area contributed by atoms with Crippen molar-refractivity contribution in [2.75, 3.05) is 12.8 Å². The van der Waals surface area contributed by atoms with Crippen molar-refractivity contribution in [2.24, 2.45) is 0 Å². The number of aromatic nitrogens is 1. The van der Waals surface area contributed by atoms with E-state index in [-0.39, 0.29) is 0 Å². The predicted octanol–water partition coefficient (Wildman–Crippen LogP) is 2.59. The van der Waals surface area contributed by atoms with Gasteiger partial charge in [-0.2, -0.15) is 0 Å². The highest BCUT2D eigenvalue weighted by Crippen LogP contribution is 2.28. The van der Waals surface area contributed by atoms with Crippen molar-refractivity contribution in [1.29, 1.82) is 0 Å². The summed E-state index contributed by atoms with van der Waals surface area (Å²) in [5.41, 5.74) is 6.48. The molecule has 0 saturated carbocycles. The number of halogens is 1. The number of pyridine rings is 1. The van der Waals surface area contributed by atoms with E-state index in [0.717, 1.165) is 21.1 Å². The minimum absolute atomic E-state index is 0.474. The van der Waals surface area contributed by atoms with E-state index >= 15 is 0 Å². The first-order chi connectivity index (χ1) is 6.72. The number of nitrogens with zero attached hydrogens (tertiary/aromatic N) is 1. The fourth-order valence-corrected chi connectivity index (χ4v) is 1.66. The van der Waals surface area contributed by atoms with Gasteiger partial charge in [-0.05, 0) is 28.1 Å². The zero-order chi connectivity index (χ0) is 10.1. The van der Waals surface area contributed by atoms with Gasteiger partial charge in [0, 0.05) is 5.39 Å². The third-order valence-electron chi connectivity index (χ3n) is 2.01. The number of nitrogen functional groups attached to an aromatic ring is 1. The van der Waals surface area contributed by atoms with Gasteiger partial charge in [-0.25, -0.2) is 4.98 Å². The number of nitrogens with two attached hydrogens (primary N) is 1. The van der Waals surface area contributed by atoms with E-state index in [1.807, 2.05) is 24.3 Å². The first-order valence-electron chi connectivity index (χ1n) is 4.11. The van der Waals surface area contributed by atoms with Crippen molar-refractivity contribution in [1.82, 2.24) is 4.98 Å². The molecule has 0 unspecified atom stereocenters. The Morgan fingerprint density at radius 3 is 2.93 bits per heavy atom. The maximum absolute atomic E-state index is 5.70. The van der Waals surface area contributed by atoms with Gasteiger partial charge >= 0.3 is 0 Å². The molecule has 0 aliphatic rings. The van der Waals surface area contributed by atoms with Crippen molar-refractivity contribution in [3.8, 4) is 5.75 Å². The Kier molecular flexibility index (Phi) is 2.29. The minimum Gasteiger partial charge on any atom is -0.494 e. The highest BCUT2D eigenvalue weighted by atomic mass is 79.9. The lowest BCUT2D eigenvalue weighted by molar-refractivity contribution is 0.419. The van der Waals surface area contributed by atoms with Gasteiger partial charge in [-0.3, -0.25) is 0 Å². The van der Waals surface area contributed by atoms with E-state index in [2.05, 4.69) is 20.9 Å². The van der Waals surface area contributed by atoms with Gasteiger partial charge in [-0.1, -0.05) is 12.1 Å². The minimum atomic E-state index is 0.474. The second kappa shape index (κ2) is 3.46. The number of anilines is 1. The Hall–Kier alpha value is -1.29. The molecule has 0 saturated heterocycles. The third kappa shape index (κ3) is 1.42. The summed E-state index contributed by atoms with van der Waals surface area (Å²) in [4.78, 5) is 4.25. The summed E-state index contributed by atoms with van der Waals surface area (Å²) in [5, 5.41) is 1.01. The Morgan fingerprint density at radius 1 is 1.43 bits per heavy atom. The van der Waals surface area contributed by atoms with Gasteiger partial charge in [0.2, 0.25) is 0 Å². The first-order valence-corrected chi connectivity index (χ1v) is 4.90. The number of benzene rings is 1. The van der Waals surface area contributed by atoms with Gasteiger partial charge in [-0.15, -0.1) is 0 Å². The molecule has 1 heterocycles. The lowest BCUT2D eigenvalue weighted by atomic mass is 10.2. The Balaban J connectivity index is 2.81. The maximum Gasteiger partial charge on any atom is 0.145 e. The molecule has 0 amide bonds. The van der Waals surface area contributed by atoms with Crippen LogP contribution in [-0.2, 0) is 0 Å². The summed E-state index contributed by atoms with van der Waals surface area (Å²) in [6.07, 6.45) is 0. The molecular weight excluding hydrogens is 244 g/mol. The van der Waals surface area contributed by atoms with Crippen LogP contribution in [0.1, 0.15) is 0 Å². The topological polar surface area (TPSA) is 48.1 Å². The van der Waals surface area contributed by atoms with Crippen molar-refractivity contribution in [3.63, 3.8) is 0 Å². The van der Waals surface area contributed by atoms with Crippen molar-refractivity contribution >= 4 is 32.7 Å². The highest BCUT2D eigenvalue weighted by molar-refractivity contribution is 9.10. The average molecular weight is 253 g/mol.